The SMILES string of the molecule is CCc1nn(CC(O)CNCC(C)C)c(CC)c1[N+](=O)[O-]. The summed E-state index contributed by atoms with van der Waals surface area (Å²) in [5.41, 5.74) is 1.17. The number of hydrogen-bond donors (Lipinski definition) is 2. The van der Waals surface area contributed by atoms with Crippen molar-refractivity contribution in [1.82, 2.24) is 15.1 Å². The van der Waals surface area contributed by atoms with E-state index in [-0.39, 0.29) is 17.2 Å². The predicted octanol–water partition coefficient (Wildman–Crippen LogP) is 1.52. The van der Waals surface area contributed by atoms with Gasteiger partial charge in [0, 0.05) is 6.54 Å². The van der Waals surface area contributed by atoms with Crippen molar-refractivity contribution in [3.05, 3.63) is 21.5 Å². The molecule has 1 aromatic rings. The highest BCUT2D eigenvalue weighted by atomic mass is 16.6. The first-order valence-corrected chi connectivity index (χ1v) is 7.52. The first-order chi connectivity index (χ1) is 9.90. The minimum Gasteiger partial charge on any atom is -0.390 e. The molecule has 0 spiro atoms. The summed E-state index contributed by atoms with van der Waals surface area (Å²) < 4.78 is 1.58. The lowest BCUT2D eigenvalue weighted by molar-refractivity contribution is -0.386. The largest absolute Gasteiger partial charge is 0.390 e. The number of aliphatic hydroxyl groups excluding tert-OH is 1. The van der Waals surface area contributed by atoms with Gasteiger partial charge in [-0.25, -0.2) is 0 Å². The number of nitrogens with one attached hydrogen (secondary N) is 1. The number of hydrogen-bond acceptors (Lipinski definition) is 5. The molecule has 21 heavy (non-hydrogen) atoms. The van der Waals surface area contributed by atoms with Crippen LogP contribution in [-0.4, -0.2) is 39.0 Å². The predicted molar refractivity (Wildman–Crippen MR) is 81.4 cm³/mol. The maximum Gasteiger partial charge on any atom is 0.313 e. The molecule has 1 heterocycles. The highest BCUT2D eigenvalue weighted by molar-refractivity contribution is 5.41. The molecule has 1 atom stereocenters. The van der Waals surface area contributed by atoms with Gasteiger partial charge in [-0.15, -0.1) is 0 Å². The molecule has 0 aliphatic carbocycles. The third kappa shape index (κ3) is 4.78. The minimum absolute atomic E-state index is 0.0994. The third-order valence-corrected chi connectivity index (χ3v) is 3.27. The van der Waals surface area contributed by atoms with Crippen molar-refractivity contribution in [3.8, 4) is 0 Å². The zero-order chi connectivity index (χ0) is 16.0. The molecule has 0 saturated heterocycles. The summed E-state index contributed by atoms with van der Waals surface area (Å²) in [5, 5.41) is 28.7. The molecular formula is C14H26N4O3. The van der Waals surface area contributed by atoms with Crippen LogP contribution in [0, 0.1) is 16.0 Å². The van der Waals surface area contributed by atoms with Crippen LogP contribution in [0.3, 0.4) is 0 Å². The Labute approximate surface area is 125 Å². The lowest BCUT2D eigenvalue weighted by Gasteiger charge is -2.14. The second kappa shape index (κ2) is 8.09. The summed E-state index contributed by atoms with van der Waals surface area (Å²) in [6, 6.07) is 0. The molecule has 0 aliphatic heterocycles. The van der Waals surface area contributed by atoms with Gasteiger partial charge in [0.2, 0.25) is 0 Å². The molecule has 0 amide bonds. The van der Waals surface area contributed by atoms with Gasteiger partial charge in [0.25, 0.3) is 0 Å². The monoisotopic (exact) mass is 298 g/mol. The van der Waals surface area contributed by atoms with Gasteiger partial charge in [-0.3, -0.25) is 14.8 Å². The zero-order valence-electron chi connectivity index (χ0n) is 13.3. The third-order valence-electron chi connectivity index (χ3n) is 3.27. The fourth-order valence-corrected chi connectivity index (χ4v) is 2.29. The Balaban J connectivity index is 2.80. The number of aromatic nitrogens is 2. The van der Waals surface area contributed by atoms with Gasteiger partial charge in [-0.1, -0.05) is 27.7 Å². The standard InChI is InChI=1S/C14H26N4O3/c1-5-12-14(18(20)21)13(6-2)17(16-12)9-11(19)8-15-7-10(3)4/h10-11,15,19H,5-9H2,1-4H3. The zero-order valence-corrected chi connectivity index (χ0v) is 13.3. The Hall–Kier alpha value is -1.47. The second-order valence-electron chi connectivity index (χ2n) is 5.59. The Morgan fingerprint density at radius 2 is 2.00 bits per heavy atom. The molecule has 0 radical (unpaired) electrons. The van der Waals surface area contributed by atoms with E-state index in [1.807, 2.05) is 13.8 Å². The van der Waals surface area contributed by atoms with Crippen molar-refractivity contribution >= 4 is 5.69 Å². The molecule has 0 aromatic carbocycles. The van der Waals surface area contributed by atoms with E-state index in [2.05, 4.69) is 24.3 Å². The van der Waals surface area contributed by atoms with Crippen molar-refractivity contribution in [2.45, 2.75) is 53.2 Å². The molecule has 1 rings (SSSR count). The van der Waals surface area contributed by atoms with E-state index in [4.69, 9.17) is 0 Å². The van der Waals surface area contributed by atoms with Crippen LogP contribution in [0.5, 0.6) is 0 Å². The van der Waals surface area contributed by atoms with Crippen molar-refractivity contribution in [2.75, 3.05) is 13.1 Å². The van der Waals surface area contributed by atoms with E-state index in [1.165, 1.54) is 0 Å². The maximum absolute atomic E-state index is 11.2. The lowest BCUT2D eigenvalue weighted by atomic mass is 10.2. The topological polar surface area (TPSA) is 93.2 Å². The molecule has 0 aliphatic rings. The Bertz CT molecular complexity index is 471. The number of nitro groups is 1. The summed E-state index contributed by atoms with van der Waals surface area (Å²) in [6.45, 7) is 9.46. The van der Waals surface area contributed by atoms with Crippen molar-refractivity contribution in [3.63, 3.8) is 0 Å². The summed E-state index contributed by atoms with van der Waals surface area (Å²) >= 11 is 0. The molecular weight excluding hydrogens is 272 g/mol. The summed E-state index contributed by atoms with van der Waals surface area (Å²) in [5.74, 6) is 0.515. The quantitative estimate of drug-likeness (QED) is 0.532. The normalized spacial score (nSPS) is 12.9. The molecule has 2 N–H and O–H groups in total. The summed E-state index contributed by atoms with van der Waals surface area (Å²) in [6.07, 6.45) is 0.422. The van der Waals surface area contributed by atoms with E-state index in [1.54, 1.807) is 4.68 Å². The smallest absolute Gasteiger partial charge is 0.313 e. The fourth-order valence-electron chi connectivity index (χ4n) is 2.29. The summed E-state index contributed by atoms with van der Waals surface area (Å²) in [4.78, 5) is 10.8. The number of aryl methyl sites for hydroxylation is 1. The average molecular weight is 298 g/mol. The number of nitrogens with zero attached hydrogens (tertiary/aromatic N) is 3. The van der Waals surface area contributed by atoms with Gasteiger partial charge in [0.15, 0.2) is 0 Å². The van der Waals surface area contributed by atoms with E-state index in [9.17, 15) is 15.2 Å². The molecule has 7 heteroatoms. The van der Waals surface area contributed by atoms with Gasteiger partial charge in [0.1, 0.15) is 11.4 Å². The molecule has 0 fully saturated rings. The van der Waals surface area contributed by atoms with Crippen LogP contribution in [-0.2, 0) is 19.4 Å². The molecule has 0 saturated carbocycles. The van der Waals surface area contributed by atoms with E-state index >= 15 is 0 Å². The Kier molecular flexibility index (Phi) is 6.77. The van der Waals surface area contributed by atoms with Crippen LogP contribution in [0.1, 0.15) is 39.1 Å². The first kappa shape index (κ1) is 17.6. The number of rotatable bonds is 9. The fraction of sp³-hybridized carbons (Fsp3) is 0.786. The van der Waals surface area contributed by atoms with Crippen LogP contribution in [0.15, 0.2) is 0 Å². The second-order valence-corrected chi connectivity index (χ2v) is 5.59. The first-order valence-electron chi connectivity index (χ1n) is 7.52. The van der Waals surface area contributed by atoms with E-state index in [0.717, 1.165) is 6.54 Å². The van der Waals surface area contributed by atoms with Crippen LogP contribution in [0.2, 0.25) is 0 Å². The van der Waals surface area contributed by atoms with Crippen LogP contribution in [0.4, 0.5) is 5.69 Å². The van der Waals surface area contributed by atoms with Gasteiger partial charge in [0.05, 0.1) is 17.6 Å². The van der Waals surface area contributed by atoms with Crippen molar-refractivity contribution in [1.29, 1.82) is 0 Å². The molecule has 0 bridgehead atoms. The number of aliphatic hydroxyl groups is 1. The molecule has 120 valence electrons. The summed E-state index contributed by atoms with van der Waals surface area (Å²) in [7, 11) is 0. The Morgan fingerprint density at radius 1 is 1.33 bits per heavy atom. The van der Waals surface area contributed by atoms with Crippen LogP contribution in [0.25, 0.3) is 0 Å². The minimum atomic E-state index is -0.613. The van der Waals surface area contributed by atoms with Gasteiger partial charge in [-0.2, -0.15) is 5.10 Å². The van der Waals surface area contributed by atoms with Crippen molar-refractivity contribution < 1.29 is 10.0 Å². The Morgan fingerprint density at radius 3 is 2.48 bits per heavy atom. The van der Waals surface area contributed by atoms with Gasteiger partial charge < -0.3 is 10.4 Å². The average Bonchev–Trinajstić information content (AvgIpc) is 2.75. The van der Waals surface area contributed by atoms with Gasteiger partial charge in [-0.05, 0) is 25.3 Å². The highest BCUT2D eigenvalue weighted by Crippen LogP contribution is 2.24. The maximum atomic E-state index is 11.2. The highest BCUT2D eigenvalue weighted by Gasteiger charge is 2.26. The van der Waals surface area contributed by atoms with Crippen LogP contribution < -0.4 is 5.32 Å². The lowest BCUT2D eigenvalue weighted by Crippen LogP contribution is -2.33. The van der Waals surface area contributed by atoms with Crippen molar-refractivity contribution in [2.24, 2.45) is 5.92 Å². The molecule has 1 aromatic heterocycles. The van der Waals surface area contributed by atoms with E-state index in [0.29, 0.717) is 36.7 Å². The van der Waals surface area contributed by atoms with Crippen LogP contribution >= 0.6 is 0 Å². The van der Waals surface area contributed by atoms with E-state index < -0.39 is 6.10 Å². The molecule has 7 nitrogen and oxygen atoms in total. The molecule has 1 unspecified atom stereocenters. The van der Waals surface area contributed by atoms with Gasteiger partial charge >= 0.3 is 5.69 Å².